The first-order chi connectivity index (χ1) is 10.2. The lowest BCUT2D eigenvalue weighted by atomic mass is 10.1. The highest BCUT2D eigenvalue weighted by Crippen LogP contribution is 2.29. The first kappa shape index (κ1) is 17.0. The maximum atomic E-state index is 11.6. The van der Waals surface area contributed by atoms with E-state index < -0.39 is 0 Å². The Labute approximate surface area is 126 Å². The van der Waals surface area contributed by atoms with Crippen molar-refractivity contribution in [1.29, 1.82) is 0 Å². The molecule has 0 fully saturated rings. The van der Waals surface area contributed by atoms with Crippen molar-refractivity contribution in [1.82, 2.24) is 5.43 Å². The number of nitrogens with one attached hydrogen (secondary N) is 1. The second kappa shape index (κ2) is 9.80. The van der Waals surface area contributed by atoms with Gasteiger partial charge in [0.1, 0.15) is 0 Å². The molecule has 1 amide bonds. The number of rotatable bonds is 9. The quantitative estimate of drug-likeness (QED) is 0.432. The molecule has 1 aromatic rings. The van der Waals surface area contributed by atoms with Gasteiger partial charge in [0, 0.05) is 12.0 Å². The lowest BCUT2D eigenvalue weighted by molar-refractivity contribution is -0.121. The van der Waals surface area contributed by atoms with Gasteiger partial charge in [-0.3, -0.25) is 4.79 Å². The molecule has 0 saturated carbocycles. The minimum Gasteiger partial charge on any atom is -0.493 e. The Morgan fingerprint density at radius 2 is 2.05 bits per heavy atom. The molecule has 5 heteroatoms. The standard InChI is InChI=1S/C16H24N2O3/c1-4-5-6-7-11-15(19)18-17-12-13-9-8-10-14(20-2)16(13)21-3/h8-10,12H,4-7,11H2,1-3H3,(H,18,19). The molecular weight excluding hydrogens is 268 g/mol. The van der Waals surface area contributed by atoms with Crippen LogP contribution in [0, 0.1) is 0 Å². The molecule has 0 spiro atoms. The summed E-state index contributed by atoms with van der Waals surface area (Å²) < 4.78 is 10.5. The second-order valence-electron chi connectivity index (χ2n) is 4.69. The van der Waals surface area contributed by atoms with Gasteiger partial charge in [-0.25, -0.2) is 5.43 Å². The minimum atomic E-state index is -0.0655. The summed E-state index contributed by atoms with van der Waals surface area (Å²) in [5.74, 6) is 1.16. The summed E-state index contributed by atoms with van der Waals surface area (Å²) in [7, 11) is 3.15. The molecule has 0 heterocycles. The van der Waals surface area contributed by atoms with E-state index in [1.54, 1.807) is 20.4 Å². The van der Waals surface area contributed by atoms with Crippen LogP contribution in [0.15, 0.2) is 23.3 Å². The van der Waals surface area contributed by atoms with Gasteiger partial charge in [-0.2, -0.15) is 5.10 Å². The second-order valence-corrected chi connectivity index (χ2v) is 4.69. The van der Waals surface area contributed by atoms with Gasteiger partial charge in [-0.1, -0.05) is 32.3 Å². The summed E-state index contributed by atoms with van der Waals surface area (Å²) >= 11 is 0. The van der Waals surface area contributed by atoms with E-state index in [-0.39, 0.29) is 5.91 Å². The van der Waals surface area contributed by atoms with Crippen molar-refractivity contribution in [2.45, 2.75) is 39.0 Å². The Bertz CT molecular complexity index is 473. The SMILES string of the molecule is CCCCCCC(=O)NN=Cc1cccc(OC)c1OC. The van der Waals surface area contributed by atoms with Crippen molar-refractivity contribution >= 4 is 12.1 Å². The molecule has 0 saturated heterocycles. The Morgan fingerprint density at radius 1 is 1.24 bits per heavy atom. The number of hydrogen-bond acceptors (Lipinski definition) is 4. The van der Waals surface area contributed by atoms with Crippen LogP contribution in [-0.4, -0.2) is 26.3 Å². The number of nitrogens with zero attached hydrogens (tertiary/aromatic N) is 1. The van der Waals surface area contributed by atoms with Crippen molar-refractivity contribution in [3.8, 4) is 11.5 Å². The number of hydrogen-bond donors (Lipinski definition) is 1. The van der Waals surface area contributed by atoms with E-state index in [9.17, 15) is 4.79 Å². The van der Waals surface area contributed by atoms with E-state index >= 15 is 0 Å². The van der Waals surface area contributed by atoms with Crippen molar-refractivity contribution in [2.75, 3.05) is 14.2 Å². The molecule has 0 atom stereocenters. The highest BCUT2D eigenvalue weighted by molar-refractivity contribution is 5.86. The molecule has 0 aliphatic rings. The van der Waals surface area contributed by atoms with Crippen molar-refractivity contribution in [3.63, 3.8) is 0 Å². The number of carbonyl (C=O) groups is 1. The number of unbranched alkanes of at least 4 members (excludes halogenated alkanes) is 3. The van der Waals surface area contributed by atoms with E-state index in [1.165, 1.54) is 0 Å². The molecule has 1 rings (SSSR count). The van der Waals surface area contributed by atoms with Crippen LogP contribution >= 0.6 is 0 Å². The van der Waals surface area contributed by atoms with Gasteiger partial charge in [-0.15, -0.1) is 0 Å². The van der Waals surface area contributed by atoms with Crippen LogP contribution in [0.5, 0.6) is 11.5 Å². The molecule has 0 bridgehead atoms. The van der Waals surface area contributed by atoms with E-state index in [4.69, 9.17) is 9.47 Å². The summed E-state index contributed by atoms with van der Waals surface area (Å²) in [6.07, 6.45) is 6.37. The zero-order chi connectivity index (χ0) is 15.5. The predicted molar refractivity (Wildman–Crippen MR) is 84.0 cm³/mol. The summed E-state index contributed by atoms with van der Waals surface area (Å²) in [6.45, 7) is 2.14. The van der Waals surface area contributed by atoms with E-state index in [0.29, 0.717) is 17.9 Å². The molecular formula is C16H24N2O3. The highest BCUT2D eigenvalue weighted by atomic mass is 16.5. The van der Waals surface area contributed by atoms with Gasteiger partial charge in [-0.05, 0) is 18.6 Å². The van der Waals surface area contributed by atoms with Crippen molar-refractivity contribution in [3.05, 3.63) is 23.8 Å². The van der Waals surface area contributed by atoms with Gasteiger partial charge >= 0.3 is 0 Å². The number of methoxy groups -OCH3 is 2. The summed E-state index contributed by atoms with van der Waals surface area (Å²) in [6, 6.07) is 5.50. The maximum absolute atomic E-state index is 11.6. The first-order valence-corrected chi connectivity index (χ1v) is 7.25. The maximum Gasteiger partial charge on any atom is 0.240 e. The van der Waals surface area contributed by atoms with Gasteiger partial charge in [0.15, 0.2) is 11.5 Å². The Morgan fingerprint density at radius 3 is 2.71 bits per heavy atom. The molecule has 0 aliphatic carbocycles. The van der Waals surface area contributed by atoms with Gasteiger partial charge in [0.25, 0.3) is 0 Å². The van der Waals surface area contributed by atoms with Crippen molar-refractivity contribution < 1.29 is 14.3 Å². The minimum absolute atomic E-state index is 0.0655. The van der Waals surface area contributed by atoms with Crippen LogP contribution in [0.25, 0.3) is 0 Å². The predicted octanol–water partition coefficient (Wildman–Crippen LogP) is 3.12. The average molecular weight is 292 g/mol. The monoisotopic (exact) mass is 292 g/mol. The molecule has 0 unspecified atom stereocenters. The Hall–Kier alpha value is -2.04. The van der Waals surface area contributed by atoms with E-state index in [0.717, 1.165) is 31.2 Å². The largest absolute Gasteiger partial charge is 0.493 e. The van der Waals surface area contributed by atoms with Crippen LogP contribution in [0.2, 0.25) is 0 Å². The molecule has 5 nitrogen and oxygen atoms in total. The number of benzene rings is 1. The smallest absolute Gasteiger partial charge is 0.240 e. The highest BCUT2D eigenvalue weighted by Gasteiger charge is 2.07. The summed E-state index contributed by atoms with van der Waals surface area (Å²) in [4.78, 5) is 11.6. The lowest BCUT2D eigenvalue weighted by Crippen LogP contribution is -2.17. The van der Waals surface area contributed by atoms with Crippen LogP contribution in [0.4, 0.5) is 0 Å². The third-order valence-electron chi connectivity index (χ3n) is 3.08. The fourth-order valence-electron chi connectivity index (χ4n) is 1.96. The van der Waals surface area contributed by atoms with Crippen LogP contribution in [0.1, 0.15) is 44.6 Å². The number of amides is 1. The van der Waals surface area contributed by atoms with Gasteiger partial charge in [0.05, 0.1) is 20.4 Å². The Kier molecular flexibility index (Phi) is 7.94. The third-order valence-corrected chi connectivity index (χ3v) is 3.08. The molecule has 1 aromatic carbocycles. The number of ether oxygens (including phenoxy) is 2. The zero-order valence-corrected chi connectivity index (χ0v) is 13.0. The number of carbonyl (C=O) groups excluding carboxylic acids is 1. The van der Waals surface area contributed by atoms with Gasteiger partial charge < -0.3 is 9.47 Å². The van der Waals surface area contributed by atoms with Crippen LogP contribution in [-0.2, 0) is 4.79 Å². The third kappa shape index (κ3) is 5.85. The molecule has 116 valence electrons. The fraction of sp³-hybridized carbons (Fsp3) is 0.500. The molecule has 21 heavy (non-hydrogen) atoms. The average Bonchev–Trinajstić information content (AvgIpc) is 2.51. The first-order valence-electron chi connectivity index (χ1n) is 7.25. The van der Waals surface area contributed by atoms with Crippen LogP contribution < -0.4 is 14.9 Å². The number of hydrazone groups is 1. The molecule has 0 aliphatic heterocycles. The topological polar surface area (TPSA) is 59.9 Å². The fourth-order valence-corrected chi connectivity index (χ4v) is 1.96. The van der Waals surface area contributed by atoms with Gasteiger partial charge in [0.2, 0.25) is 5.91 Å². The molecule has 1 N–H and O–H groups in total. The Balaban J connectivity index is 2.51. The van der Waals surface area contributed by atoms with Crippen LogP contribution in [0.3, 0.4) is 0 Å². The molecule has 0 radical (unpaired) electrons. The lowest BCUT2D eigenvalue weighted by Gasteiger charge is -2.09. The van der Waals surface area contributed by atoms with E-state index in [2.05, 4.69) is 17.5 Å². The number of para-hydroxylation sites is 1. The molecule has 0 aromatic heterocycles. The zero-order valence-electron chi connectivity index (χ0n) is 13.0. The summed E-state index contributed by atoms with van der Waals surface area (Å²) in [5, 5.41) is 3.96. The summed E-state index contributed by atoms with van der Waals surface area (Å²) in [5.41, 5.74) is 3.28. The normalized spacial score (nSPS) is 10.6. The van der Waals surface area contributed by atoms with Crippen molar-refractivity contribution in [2.24, 2.45) is 5.10 Å². The van der Waals surface area contributed by atoms with E-state index in [1.807, 2.05) is 18.2 Å².